The average molecular weight is 351 g/mol. The molecule has 68 valence electrons. The molecule has 0 aliphatic heterocycles. The summed E-state index contributed by atoms with van der Waals surface area (Å²) in [7, 11) is 0. The summed E-state index contributed by atoms with van der Waals surface area (Å²) in [6.07, 6.45) is 1.88. The zero-order valence-electron chi connectivity index (χ0n) is 7.09. The van der Waals surface area contributed by atoms with Crippen LogP contribution in [0.3, 0.4) is 0 Å². The van der Waals surface area contributed by atoms with E-state index >= 15 is 0 Å². The number of aryl methyl sites for hydroxylation is 1. The molecule has 0 aliphatic carbocycles. The van der Waals surface area contributed by atoms with E-state index in [0.29, 0.717) is 0 Å². The molecule has 0 unspecified atom stereocenters. The van der Waals surface area contributed by atoms with Crippen molar-refractivity contribution in [2.75, 3.05) is 0 Å². The fourth-order valence-corrected chi connectivity index (χ4v) is 3.08. The topological polar surface area (TPSA) is 17.8 Å². The van der Waals surface area contributed by atoms with Gasteiger partial charge in [-0.25, -0.2) is 4.98 Å². The van der Waals surface area contributed by atoms with Gasteiger partial charge in [0.15, 0.2) is 0 Å². The molecule has 0 saturated carbocycles. The Bertz CT molecular complexity index is 450. The molecular weight excluding hydrogens is 343 g/mol. The molecule has 0 aliphatic rings. The second-order valence-corrected chi connectivity index (χ2v) is 4.89. The molecule has 1 aromatic heterocycles. The monoisotopic (exact) mass is 350 g/mol. The fraction of sp³-hybridized carbons (Fsp3) is 0.222. The lowest BCUT2D eigenvalue weighted by Gasteiger charge is -2.01. The lowest BCUT2D eigenvalue weighted by molar-refractivity contribution is 0.786. The number of imidazole rings is 1. The first kappa shape index (κ1) is 9.45. The van der Waals surface area contributed by atoms with Crippen molar-refractivity contribution in [1.29, 1.82) is 0 Å². The summed E-state index contributed by atoms with van der Waals surface area (Å²) in [5.41, 5.74) is 2.24. The van der Waals surface area contributed by atoms with Gasteiger partial charge in [-0.2, -0.15) is 0 Å². The highest BCUT2D eigenvalue weighted by atomic mass is 127. The number of fused-ring (bicyclic) bond motifs is 1. The quantitative estimate of drug-likeness (QED) is 0.720. The van der Waals surface area contributed by atoms with Crippen LogP contribution in [0.1, 0.15) is 6.92 Å². The van der Waals surface area contributed by atoms with E-state index in [1.807, 2.05) is 6.33 Å². The van der Waals surface area contributed by atoms with Crippen molar-refractivity contribution in [3.8, 4) is 0 Å². The van der Waals surface area contributed by atoms with Crippen molar-refractivity contribution in [2.45, 2.75) is 13.5 Å². The minimum absolute atomic E-state index is 0.954. The Labute approximate surface area is 98.6 Å². The SMILES string of the molecule is CCn1cnc2cc(I)cc(Br)c21. The Hall–Kier alpha value is -0.100. The molecule has 0 saturated heterocycles. The third-order valence-electron chi connectivity index (χ3n) is 1.97. The summed E-state index contributed by atoms with van der Waals surface area (Å²) in [6.45, 7) is 3.07. The molecular formula is C9H8BrIN2. The Morgan fingerprint density at radius 3 is 3.00 bits per heavy atom. The lowest BCUT2D eigenvalue weighted by atomic mass is 10.3. The van der Waals surface area contributed by atoms with Crippen LogP contribution < -0.4 is 0 Å². The molecule has 0 atom stereocenters. The maximum absolute atomic E-state index is 4.34. The number of hydrogen-bond acceptors (Lipinski definition) is 1. The van der Waals surface area contributed by atoms with Gasteiger partial charge < -0.3 is 4.57 Å². The van der Waals surface area contributed by atoms with Crippen LogP contribution in [-0.4, -0.2) is 9.55 Å². The molecule has 4 heteroatoms. The van der Waals surface area contributed by atoms with Crippen LogP contribution in [0.15, 0.2) is 22.9 Å². The minimum atomic E-state index is 0.954. The Morgan fingerprint density at radius 2 is 2.31 bits per heavy atom. The third kappa shape index (κ3) is 1.61. The van der Waals surface area contributed by atoms with Gasteiger partial charge in [0, 0.05) is 14.6 Å². The molecule has 0 N–H and O–H groups in total. The van der Waals surface area contributed by atoms with Crippen LogP contribution in [0.5, 0.6) is 0 Å². The fourth-order valence-electron chi connectivity index (χ4n) is 1.36. The van der Waals surface area contributed by atoms with Gasteiger partial charge in [-0.3, -0.25) is 0 Å². The van der Waals surface area contributed by atoms with Crippen LogP contribution in [-0.2, 0) is 6.54 Å². The Morgan fingerprint density at radius 1 is 1.54 bits per heavy atom. The van der Waals surface area contributed by atoms with Gasteiger partial charge in [0.25, 0.3) is 0 Å². The molecule has 0 radical (unpaired) electrons. The van der Waals surface area contributed by atoms with Crippen molar-refractivity contribution in [2.24, 2.45) is 0 Å². The average Bonchev–Trinajstić information content (AvgIpc) is 2.47. The standard InChI is InChI=1S/C9H8BrIN2/c1-2-13-5-12-8-4-6(11)3-7(10)9(8)13/h3-5H,2H2,1H3. The largest absolute Gasteiger partial charge is 0.330 e. The molecule has 2 nitrogen and oxygen atoms in total. The van der Waals surface area contributed by atoms with Crippen molar-refractivity contribution in [3.05, 3.63) is 26.5 Å². The number of hydrogen-bond donors (Lipinski definition) is 0. The smallest absolute Gasteiger partial charge is 0.0958 e. The number of halogens is 2. The summed E-state index contributed by atoms with van der Waals surface area (Å²) >= 11 is 5.85. The summed E-state index contributed by atoms with van der Waals surface area (Å²) in [6, 6.07) is 4.20. The lowest BCUT2D eigenvalue weighted by Crippen LogP contribution is -1.91. The first-order valence-corrected chi connectivity index (χ1v) is 5.89. The van der Waals surface area contributed by atoms with E-state index in [0.717, 1.165) is 16.5 Å². The van der Waals surface area contributed by atoms with E-state index in [-0.39, 0.29) is 0 Å². The summed E-state index contributed by atoms with van der Waals surface area (Å²) < 4.78 is 4.46. The van der Waals surface area contributed by atoms with E-state index in [4.69, 9.17) is 0 Å². The van der Waals surface area contributed by atoms with E-state index in [1.54, 1.807) is 0 Å². The number of nitrogens with zero attached hydrogens (tertiary/aromatic N) is 2. The molecule has 0 fully saturated rings. The maximum atomic E-state index is 4.34. The highest BCUT2D eigenvalue weighted by Crippen LogP contribution is 2.25. The van der Waals surface area contributed by atoms with Crippen LogP contribution in [0.25, 0.3) is 11.0 Å². The van der Waals surface area contributed by atoms with Gasteiger partial charge in [0.2, 0.25) is 0 Å². The zero-order chi connectivity index (χ0) is 9.42. The van der Waals surface area contributed by atoms with Gasteiger partial charge in [0.05, 0.1) is 17.4 Å². The predicted molar refractivity (Wildman–Crippen MR) is 65.8 cm³/mol. The summed E-state index contributed by atoms with van der Waals surface area (Å²) in [5, 5.41) is 0. The van der Waals surface area contributed by atoms with E-state index in [1.165, 1.54) is 9.09 Å². The van der Waals surface area contributed by atoms with Gasteiger partial charge in [-0.15, -0.1) is 0 Å². The van der Waals surface area contributed by atoms with Gasteiger partial charge in [-0.05, 0) is 57.6 Å². The molecule has 1 heterocycles. The van der Waals surface area contributed by atoms with Crippen LogP contribution in [0.4, 0.5) is 0 Å². The van der Waals surface area contributed by atoms with E-state index < -0.39 is 0 Å². The number of rotatable bonds is 1. The van der Waals surface area contributed by atoms with Crippen molar-refractivity contribution in [1.82, 2.24) is 9.55 Å². The van der Waals surface area contributed by atoms with Crippen LogP contribution in [0, 0.1) is 3.57 Å². The highest BCUT2D eigenvalue weighted by molar-refractivity contribution is 14.1. The van der Waals surface area contributed by atoms with Gasteiger partial charge in [0.1, 0.15) is 0 Å². The molecule has 0 bridgehead atoms. The van der Waals surface area contributed by atoms with Crippen molar-refractivity contribution in [3.63, 3.8) is 0 Å². The van der Waals surface area contributed by atoms with Crippen molar-refractivity contribution < 1.29 is 0 Å². The number of benzene rings is 1. The Kier molecular flexibility index (Phi) is 2.60. The van der Waals surface area contributed by atoms with E-state index in [9.17, 15) is 0 Å². The summed E-state index contributed by atoms with van der Waals surface area (Å²) in [4.78, 5) is 4.34. The van der Waals surface area contributed by atoms with Crippen LogP contribution in [0.2, 0.25) is 0 Å². The highest BCUT2D eigenvalue weighted by Gasteiger charge is 2.06. The third-order valence-corrected chi connectivity index (χ3v) is 3.20. The first-order valence-electron chi connectivity index (χ1n) is 4.02. The normalized spacial score (nSPS) is 11.0. The molecule has 1 aromatic carbocycles. The van der Waals surface area contributed by atoms with Crippen LogP contribution >= 0.6 is 38.5 Å². The zero-order valence-corrected chi connectivity index (χ0v) is 10.8. The van der Waals surface area contributed by atoms with Gasteiger partial charge >= 0.3 is 0 Å². The molecule has 13 heavy (non-hydrogen) atoms. The molecule has 2 rings (SSSR count). The van der Waals surface area contributed by atoms with Crippen molar-refractivity contribution >= 4 is 49.6 Å². The minimum Gasteiger partial charge on any atom is -0.330 e. The first-order chi connectivity index (χ1) is 6.22. The molecule has 0 spiro atoms. The number of aromatic nitrogens is 2. The molecule has 2 aromatic rings. The van der Waals surface area contributed by atoms with E-state index in [2.05, 4.69) is 67.1 Å². The van der Waals surface area contributed by atoms with Gasteiger partial charge in [-0.1, -0.05) is 0 Å². The predicted octanol–water partition coefficient (Wildman–Crippen LogP) is 3.42. The Balaban J connectivity index is 2.82. The maximum Gasteiger partial charge on any atom is 0.0958 e. The molecule has 0 amide bonds. The second-order valence-electron chi connectivity index (χ2n) is 2.79. The second kappa shape index (κ2) is 3.57. The summed E-state index contributed by atoms with van der Waals surface area (Å²) in [5.74, 6) is 0.